The second-order valence-corrected chi connectivity index (χ2v) is 6.97. The number of carbonyl (C=O) groups is 2. The Morgan fingerprint density at radius 2 is 1.83 bits per heavy atom. The van der Waals surface area contributed by atoms with Crippen LogP contribution in [0.4, 0.5) is 5.69 Å². The van der Waals surface area contributed by atoms with Crippen molar-refractivity contribution in [1.82, 2.24) is 4.90 Å². The molecule has 29 heavy (non-hydrogen) atoms. The van der Waals surface area contributed by atoms with Crippen LogP contribution in [0.1, 0.15) is 57.9 Å². The number of hydrogen-bond donors (Lipinski definition) is 1. The molecule has 2 unspecified atom stereocenters. The fourth-order valence-corrected chi connectivity index (χ4v) is 3.80. The summed E-state index contributed by atoms with van der Waals surface area (Å²) in [6, 6.07) is 5.90. The van der Waals surface area contributed by atoms with Gasteiger partial charge < -0.3 is 10.0 Å². The fraction of sp³-hybridized carbons (Fsp3) is 0.476. The first-order valence-electron chi connectivity index (χ1n) is 9.89. The molecule has 2 rings (SSSR count). The van der Waals surface area contributed by atoms with Gasteiger partial charge in [-0.1, -0.05) is 38.8 Å². The van der Waals surface area contributed by atoms with E-state index < -0.39 is 22.7 Å². The summed E-state index contributed by atoms with van der Waals surface area (Å²) in [6.07, 6.45) is 3.39. The number of nitro benzene ring substituents is 1. The van der Waals surface area contributed by atoms with Gasteiger partial charge in [-0.3, -0.25) is 24.7 Å². The molecule has 1 heterocycles. The highest BCUT2D eigenvalue weighted by atomic mass is 16.6. The van der Waals surface area contributed by atoms with Crippen LogP contribution in [-0.2, 0) is 9.59 Å². The number of aliphatic imine (C=N–C) groups is 1. The third-order valence-corrected chi connectivity index (χ3v) is 5.06. The van der Waals surface area contributed by atoms with E-state index >= 15 is 0 Å². The van der Waals surface area contributed by atoms with Gasteiger partial charge in [-0.2, -0.15) is 0 Å². The first kappa shape index (κ1) is 22.3. The quantitative estimate of drug-likeness (QED) is 0.360. The fourth-order valence-electron chi connectivity index (χ4n) is 3.80. The van der Waals surface area contributed by atoms with E-state index in [0.29, 0.717) is 48.5 Å². The summed E-state index contributed by atoms with van der Waals surface area (Å²) in [4.78, 5) is 40.8. The monoisotopic (exact) mass is 401 g/mol. The predicted molar refractivity (Wildman–Crippen MR) is 110 cm³/mol. The van der Waals surface area contributed by atoms with E-state index in [2.05, 4.69) is 0 Å². The predicted octanol–water partition coefficient (Wildman–Crippen LogP) is 4.12. The van der Waals surface area contributed by atoms with Gasteiger partial charge in [-0.05, 0) is 25.3 Å². The molecule has 0 bridgehead atoms. The van der Waals surface area contributed by atoms with Gasteiger partial charge in [-0.25, -0.2) is 0 Å². The first-order chi connectivity index (χ1) is 13.9. The Bertz CT molecular complexity index is 829. The summed E-state index contributed by atoms with van der Waals surface area (Å²) in [6.45, 7) is 6.16. The van der Waals surface area contributed by atoms with Crippen LogP contribution >= 0.6 is 0 Å². The third-order valence-electron chi connectivity index (χ3n) is 5.06. The molecule has 8 heteroatoms. The molecule has 0 spiro atoms. The molecule has 1 aliphatic heterocycles. The highest BCUT2D eigenvalue weighted by Crippen LogP contribution is 2.42. The summed E-state index contributed by atoms with van der Waals surface area (Å²) in [5.74, 6) is -2.59. The van der Waals surface area contributed by atoms with Crippen molar-refractivity contribution in [3.63, 3.8) is 0 Å². The second kappa shape index (κ2) is 9.95. The zero-order valence-electron chi connectivity index (χ0n) is 17.0. The van der Waals surface area contributed by atoms with Crippen LogP contribution in [0.25, 0.3) is 0 Å². The maximum Gasteiger partial charge on any atom is 0.313 e. The van der Waals surface area contributed by atoms with Gasteiger partial charge >= 0.3 is 5.97 Å². The number of rotatable bonds is 10. The molecule has 1 aliphatic rings. The zero-order valence-corrected chi connectivity index (χ0v) is 17.0. The second-order valence-electron chi connectivity index (χ2n) is 6.97. The van der Waals surface area contributed by atoms with Gasteiger partial charge in [0.2, 0.25) is 6.41 Å². The Balaban J connectivity index is 2.75. The number of carbonyl (C=O) groups excluding carboxylic acids is 1. The van der Waals surface area contributed by atoms with Gasteiger partial charge in [-0.15, -0.1) is 0 Å². The van der Waals surface area contributed by atoms with Crippen molar-refractivity contribution in [2.75, 3.05) is 6.54 Å². The van der Waals surface area contributed by atoms with Crippen molar-refractivity contribution in [2.45, 2.75) is 52.4 Å². The summed E-state index contributed by atoms with van der Waals surface area (Å²) in [5.41, 5.74) is 2.42. The molecule has 156 valence electrons. The molecular weight excluding hydrogens is 374 g/mol. The minimum atomic E-state index is -1.02. The van der Waals surface area contributed by atoms with Gasteiger partial charge in [0.25, 0.3) is 5.69 Å². The smallest absolute Gasteiger partial charge is 0.313 e. The largest absolute Gasteiger partial charge is 0.481 e. The highest BCUT2D eigenvalue weighted by Gasteiger charge is 2.42. The van der Waals surface area contributed by atoms with E-state index in [4.69, 9.17) is 4.99 Å². The van der Waals surface area contributed by atoms with E-state index in [9.17, 15) is 24.8 Å². The minimum absolute atomic E-state index is 0.0686. The minimum Gasteiger partial charge on any atom is -0.481 e. The Hall–Kier alpha value is -3.03. The van der Waals surface area contributed by atoms with Crippen molar-refractivity contribution in [3.8, 4) is 0 Å². The number of carboxylic acid groups (broad SMARTS) is 1. The number of allylic oxidation sites excluding steroid dienone is 2. The molecule has 1 aromatic rings. The summed E-state index contributed by atoms with van der Waals surface area (Å²) < 4.78 is 0. The van der Waals surface area contributed by atoms with Crippen LogP contribution in [0.15, 0.2) is 40.7 Å². The van der Waals surface area contributed by atoms with Crippen LogP contribution in [0.2, 0.25) is 0 Å². The lowest BCUT2D eigenvalue weighted by Gasteiger charge is -2.37. The molecule has 2 atom stereocenters. The van der Waals surface area contributed by atoms with Crippen molar-refractivity contribution in [1.29, 1.82) is 0 Å². The number of likely N-dealkylation sites (N-methyl/N-ethyl adjacent to an activating group) is 1. The number of nitrogens with zero attached hydrogens (tertiary/aromatic N) is 3. The van der Waals surface area contributed by atoms with Gasteiger partial charge in [0, 0.05) is 30.3 Å². The summed E-state index contributed by atoms with van der Waals surface area (Å²) in [5, 5.41) is 21.1. The molecule has 1 amide bonds. The number of benzene rings is 1. The molecule has 0 radical (unpaired) electrons. The Labute approximate surface area is 170 Å². The highest BCUT2D eigenvalue weighted by molar-refractivity contribution is 6.04. The van der Waals surface area contributed by atoms with Crippen molar-refractivity contribution < 1.29 is 19.6 Å². The van der Waals surface area contributed by atoms with Crippen molar-refractivity contribution in [3.05, 3.63) is 51.3 Å². The normalized spacial score (nSPS) is 18.9. The first-order valence-corrected chi connectivity index (χ1v) is 9.89. The number of carboxylic acids is 1. The van der Waals surface area contributed by atoms with Gasteiger partial charge in [0.1, 0.15) is 5.92 Å². The molecule has 0 aromatic heterocycles. The van der Waals surface area contributed by atoms with E-state index in [0.717, 1.165) is 12.8 Å². The van der Waals surface area contributed by atoms with E-state index in [1.54, 1.807) is 12.1 Å². The summed E-state index contributed by atoms with van der Waals surface area (Å²) >= 11 is 0. The van der Waals surface area contributed by atoms with Crippen LogP contribution < -0.4 is 0 Å². The maximum atomic E-state index is 12.3. The number of nitro groups is 1. The molecule has 1 N–H and O–H groups in total. The lowest BCUT2D eigenvalue weighted by Crippen LogP contribution is -2.39. The molecule has 0 saturated carbocycles. The van der Waals surface area contributed by atoms with Crippen LogP contribution in [0, 0.1) is 16.0 Å². The Morgan fingerprint density at radius 3 is 2.28 bits per heavy atom. The number of aliphatic carboxylic acids is 1. The average Bonchev–Trinajstić information content (AvgIpc) is 2.70. The van der Waals surface area contributed by atoms with Crippen molar-refractivity contribution in [2.24, 2.45) is 10.9 Å². The average molecular weight is 401 g/mol. The summed E-state index contributed by atoms with van der Waals surface area (Å²) in [7, 11) is 0. The van der Waals surface area contributed by atoms with E-state index in [1.807, 2.05) is 20.8 Å². The molecule has 0 aliphatic carbocycles. The zero-order chi connectivity index (χ0) is 21.6. The lowest BCUT2D eigenvalue weighted by atomic mass is 9.76. The SMILES string of the molecule is CCCC1=NC(CCC)=C(N(C=O)CC)C(c2ccc([N+](=O)[O-])cc2)C1C(=O)O. The molecule has 1 aromatic carbocycles. The standard InChI is InChI=1S/C21H27N3O5/c1-4-7-16-19(21(26)27)18(14-9-11-15(12-10-14)24(28)29)20(23(6-3)13-25)17(22-16)8-5-2/h9-13,18-19H,4-8H2,1-3H3,(H,26,27). The van der Waals surface area contributed by atoms with Crippen LogP contribution in [0.3, 0.4) is 0 Å². The Kier molecular flexibility index (Phi) is 7.64. The molecule has 0 saturated heterocycles. The van der Waals surface area contributed by atoms with E-state index in [-0.39, 0.29) is 5.69 Å². The van der Waals surface area contributed by atoms with Crippen LogP contribution in [0.5, 0.6) is 0 Å². The topological polar surface area (TPSA) is 113 Å². The van der Waals surface area contributed by atoms with E-state index in [1.165, 1.54) is 17.0 Å². The molecule has 0 fully saturated rings. The van der Waals surface area contributed by atoms with Crippen LogP contribution in [-0.4, -0.2) is 39.6 Å². The number of hydrogen-bond acceptors (Lipinski definition) is 5. The number of amides is 1. The maximum absolute atomic E-state index is 12.3. The number of non-ortho nitro benzene ring substituents is 1. The van der Waals surface area contributed by atoms with Crippen molar-refractivity contribution >= 4 is 23.8 Å². The lowest BCUT2D eigenvalue weighted by molar-refractivity contribution is -0.384. The van der Waals surface area contributed by atoms with Gasteiger partial charge in [0.15, 0.2) is 0 Å². The Morgan fingerprint density at radius 1 is 1.21 bits per heavy atom. The third kappa shape index (κ3) is 4.70. The van der Waals surface area contributed by atoms with Gasteiger partial charge in [0.05, 0.1) is 16.3 Å². The molecular formula is C21H27N3O5. The molecule has 8 nitrogen and oxygen atoms in total.